The first kappa shape index (κ1) is 16.6. The number of aliphatic hydroxyl groups is 2. The molecule has 1 aliphatic heterocycles. The molecule has 0 bridgehead atoms. The molecule has 1 fully saturated rings. The Morgan fingerprint density at radius 2 is 2.18 bits per heavy atom. The molecule has 122 valence electrons. The van der Waals surface area contributed by atoms with E-state index >= 15 is 0 Å². The Hall–Kier alpha value is -1.73. The first-order valence-corrected chi connectivity index (χ1v) is 7.05. The minimum atomic E-state index is -1.28. The summed E-state index contributed by atoms with van der Waals surface area (Å²) in [6.07, 6.45) is -0.637. The number of carbonyl (C=O) groups is 1. The summed E-state index contributed by atoms with van der Waals surface area (Å²) in [5.74, 6) is -3.28. The van der Waals surface area contributed by atoms with Gasteiger partial charge in [-0.05, 0) is 25.0 Å². The lowest BCUT2D eigenvalue weighted by Crippen LogP contribution is -2.56. The van der Waals surface area contributed by atoms with Gasteiger partial charge in [-0.1, -0.05) is 6.92 Å². The molecule has 22 heavy (non-hydrogen) atoms. The van der Waals surface area contributed by atoms with Crippen LogP contribution in [-0.4, -0.2) is 52.9 Å². The zero-order valence-electron chi connectivity index (χ0n) is 12.5. The van der Waals surface area contributed by atoms with Gasteiger partial charge in [0.15, 0.2) is 11.6 Å². The Bertz CT molecular complexity index is 581. The quantitative estimate of drug-likeness (QED) is 0.883. The number of rotatable bonds is 3. The monoisotopic (exact) mass is 315 g/mol. The summed E-state index contributed by atoms with van der Waals surface area (Å²) in [5.41, 5.74) is -1.77. The number of likely N-dealkylation sites (tertiary alicyclic amines) is 1. The number of hydrogen-bond acceptors (Lipinski definition) is 4. The number of β-amino-alcohol motifs (C(OH)–C–C–N with tert-alkyl or cyclic N) is 1. The van der Waals surface area contributed by atoms with Gasteiger partial charge in [-0.15, -0.1) is 0 Å². The molecule has 0 unspecified atom stereocenters. The first-order valence-electron chi connectivity index (χ1n) is 7.05. The Morgan fingerprint density at radius 3 is 2.73 bits per heavy atom. The highest BCUT2D eigenvalue weighted by atomic mass is 19.2. The number of amides is 1. The lowest BCUT2D eigenvalue weighted by Gasteiger charge is -2.41. The van der Waals surface area contributed by atoms with Crippen LogP contribution in [0.2, 0.25) is 0 Å². The molecule has 1 aromatic rings. The van der Waals surface area contributed by atoms with Gasteiger partial charge in [0.05, 0.1) is 12.7 Å². The zero-order valence-corrected chi connectivity index (χ0v) is 12.5. The average Bonchev–Trinajstić information content (AvgIpc) is 2.52. The second kappa shape index (κ2) is 6.18. The van der Waals surface area contributed by atoms with Gasteiger partial charge in [0.1, 0.15) is 17.4 Å². The molecule has 2 rings (SSSR count). The van der Waals surface area contributed by atoms with Crippen LogP contribution in [-0.2, 0) is 0 Å². The fourth-order valence-corrected chi connectivity index (χ4v) is 2.62. The molecule has 2 atom stereocenters. The molecular formula is C15H19F2NO4. The van der Waals surface area contributed by atoms with Crippen LogP contribution in [0.5, 0.6) is 5.75 Å². The number of piperidine rings is 1. The molecule has 0 aliphatic carbocycles. The Morgan fingerprint density at radius 1 is 1.50 bits per heavy atom. The van der Waals surface area contributed by atoms with Crippen molar-refractivity contribution in [1.29, 1.82) is 0 Å². The van der Waals surface area contributed by atoms with E-state index in [0.29, 0.717) is 6.42 Å². The van der Waals surface area contributed by atoms with Gasteiger partial charge < -0.3 is 19.8 Å². The molecule has 1 aliphatic rings. The van der Waals surface area contributed by atoms with Gasteiger partial charge in [0.25, 0.3) is 5.91 Å². The van der Waals surface area contributed by atoms with E-state index in [2.05, 4.69) is 0 Å². The largest absolute Gasteiger partial charge is 0.496 e. The molecular weight excluding hydrogens is 296 g/mol. The summed E-state index contributed by atoms with van der Waals surface area (Å²) < 4.78 is 32.3. The molecule has 0 aromatic heterocycles. The van der Waals surface area contributed by atoms with Gasteiger partial charge in [-0.25, -0.2) is 8.78 Å². The van der Waals surface area contributed by atoms with Crippen molar-refractivity contribution in [3.63, 3.8) is 0 Å². The highest BCUT2D eigenvalue weighted by Crippen LogP contribution is 2.30. The topological polar surface area (TPSA) is 70.0 Å². The summed E-state index contributed by atoms with van der Waals surface area (Å²) in [6.45, 7) is 1.72. The Kier molecular flexibility index (Phi) is 4.67. The second-order valence-corrected chi connectivity index (χ2v) is 5.41. The lowest BCUT2D eigenvalue weighted by atomic mass is 9.86. The van der Waals surface area contributed by atoms with Gasteiger partial charge in [0.2, 0.25) is 0 Å². The molecule has 1 amide bonds. The maximum Gasteiger partial charge on any atom is 0.260 e. The third-order valence-corrected chi connectivity index (χ3v) is 4.22. The van der Waals surface area contributed by atoms with Gasteiger partial charge >= 0.3 is 0 Å². The molecule has 1 heterocycles. The van der Waals surface area contributed by atoms with E-state index in [1.165, 1.54) is 18.1 Å². The number of aliphatic hydroxyl groups excluding tert-OH is 1. The van der Waals surface area contributed by atoms with E-state index in [0.717, 1.165) is 6.07 Å². The van der Waals surface area contributed by atoms with Crippen molar-refractivity contribution in [2.24, 2.45) is 0 Å². The van der Waals surface area contributed by atoms with Crippen molar-refractivity contribution >= 4 is 5.91 Å². The molecule has 5 nitrogen and oxygen atoms in total. The minimum absolute atomic E-state index is 0.0743. The predicted octanol–water partition coefficient (Wildman–Crippen LogP) is 1.32. The molecule has 2 N–H and O–H groups in total. The smallest absolute Gasteiger partial charge is 0.260 e. The van der Waals surface area contributed by atoms with Crippen molar-refractivity contribution < 1.29 is 28.5 Å². The normalized spacial score (nSPS) is 25.2. The number of methoxy groups -OCH3 is 1. The van der Waals surface area contributed by atoms with Crippen LogP contribution >= 0.6 is 0 Å². The van der Waals surface area contributed by atoms with E-state index in [-0.39, 0.29) is 25.3 Å². The number of halogens is 2. The van der Waals surface area contributed by atoms with Crippen molar-refractivity contribution in [2.75, 3.05) is 20.2 Å². The summed E-state index contributed by atoms with van der Waals surface area (Å²) in [5, 5.41) is 20.2. The number of hydrogen-bond donors (Lipinski definition) is 2. The molecule has 1 saturated heterocycles. The summed E-state index contributed by atoms with van der Waals surface area (Å²) in [4.78, 5) is 13.6. The van der Waals surface area contributed by atoms with Gasteiger partial charge in [0, 0.05) is 13.1 Å². The minimum Gasteiger partial charge on any atom is -0.496 e. The number of carbonyl (C=O) groups excluding carboxylic acids is 1. The van der Waals surface area contributed by atoms with E-state index in [4.69, 9.17) is 4.74 Å². The van der Waals surface area contributed by atoms with E-state index in [1.54, 1.807) is 6.92 Å². The Balaban J connectivity index is 2.29. The first-order chi connectivity index (χ1) is 10.3. The maximum atomic E-state index is 14.0. The highest BCUT2D eigenvalue weighted by molar-refractivity contribution is 5.97. The van der Waals surface area contributed by atoms with Crippen LogP contribution in [0.1, 0.15) is 30.1 Å². The fraction of sp³-hybridized carbons (Fsp3) is 0.533. The van der Waals surface area contributed by atoms with Crippen LogP contribution in [0.15, 0.2) is 12.1 Å². The third-order valence-electron chi connectivity index (χ3n) is 4.22. The fourth-order valence-electron chi connectivity index (χ4n) is 2.62. The van der Waals surface area contributed by atoms with Crippen molar-refractivity contribution in [2.45, 2.75) is 31.5 Å². The SMILES string of the molecule is CC[C@@]1(O)CCN(C(=O)c2c(OC)ccc(F)c2F)C[C@H]1O. The van der Waals surface area contributed by atoms with Crippen LogP contribution in [0.25, 0.3) is 0 Å². The maximum absolute atomic E-state index is 14.0. The van der Waals surface area contributed by atoms with E-state index in [9.17, 15) is 23.8 Å². The van der Waals surface area contributed by atoms with Crippen LogP contribution < -0.4 is 4.74 Å². The van der Waals surface area contributed by atoms with Crippen molar-refractivity contribution in [1.82, 2.24) is 4.90 Å². The van der Waals surface area contributed by atoms with E-state index < -0.39 is 34.8 Å². The number of ether oxygens (including phenoxy) is 1. The second-order valence-electron chi connectivity index (χ2n) is 5.41. The summed E-state index contributed by atoms with van der Waals surface area (Å²) in [7, 11) is 1.25. The number of benzene rings is 1. The molecule has 7 heteroatoms. The third kappa shape index (κ3) is 2.78. The predicted molar refractivity (Wildman–Crippen MR) is 74.7 cm³/mol. The van der Waals surface area contributed by atoms with Crippen LogP contribution in [0.4, 0.5) is 8.78 Å². The van der Waals surface area contributed by atoms with Crippen molar-refractivity contribution in [3.8, 4) is 5.75 Å². The van der Waals surface area contributed by atoms with Crippen LogP contribution in [0.3, 0.4) is 0 Å². The van der Waals surface area contributed by atoms with Crippen LogP contribution in [0, 0.1) is 11.6 Å². The molecule has 0 saturated carbocycles. The van der Waals surface area contributed by atoms with E-state index in [1.807, 2.05) is 0 Å². The number of nitrogens with zero attached hydrogens (tertiary/aromatic N) is 1. The van der Waals surface area contributed by atoms with Crippen molar-refractivity contribution in [3.05, 3.63) is 29.3 Å². The zero-order chi connectivity index (χ0) is 16.5. The Labute approximate surface area is 127 Å². The highest BCUT2D eigenvalue weighted by Gasteiger charge is 2.41. The molecule has 0 spiro atoms. The lowest BCUT2D eigenvalue weighted by molar-refractivity contribution is -0.114. The molecule has 0 radical (unpaired) electrons. The average molecular weight is 315 g/mol. The van der Waals surface area contributed by atoms with Gasteiger partial charge in [-0.2, -0.15) is 0 Å². The standard InChI is InChI=1S/C15H19F2NO4/c1-3-15(21)6-7-18(8-11(15)19)14(20)12-10(22-2)5-4-9(16)13(12)17/h4-5,11,19,21H,3,6-8H2,1-2H3/t11-,15-/m1/s1. The molecule has 1 aromatic carbocycles. The summed E-state index contributed by atoms with van der Waals surface area (Å²) >= 11 is 0. The van der Waals surface area contributed by atoms with Gasteiger partial charge in [-0.3, -0.25) is 4.79 Å². The summed E-state index contributed by atoms with van der Waals surface area (Å²) in [6, 6.07) is 2.06.